The van der Waals surface area contributed by atoms with E-state index in [1.165, 1.54) is 37.7 Å². The van der Waals surface area contributed by atoms with Crippen LogP contribution in [0.25, 0.3) is 0 Å². The summed E-state index contributed by atoms with van der Waals surface area (Å²) in [6.07, 6.45) is 13.6. The molecular formula is C23H49N. The highest BCUT2D eigenvalue weighted by Gasteiger charge is 1.86. The highest BCUT2D eigenvalue weighted by atomic mass is 14.7. The molecule has 0 aromatic carbocycles. The van der Waals surface area contributed by atoms with Gasteiger partial charge in [0.1, 0.15) is 0 Å². The molecule has 0 saturated carbocycles. The Hall–Kier alpha value is -0.850. The minimum atomic E-state index is 0.898. The van der Waals surface area contributed by atoms with E-state index in [0.717, 1.165) is 18.0 Å². The van der Waals surface area contributed by atoms with Crippen LogP contribution in [0.5, 0.6) is 0 Å². The second kappa shape index (κ2) is 30.1. The van der Waals surface area contributed by atoms with Crippen molar-refractivity contribution < 1.29 is 0 Å². The molecule has 0 saturated heterocycles. The summed E-state index contributed by atoms with van der Waals surface area (Å²) >= 11 is 0. The van der Waals surface area contributed by atoms with Gasteiger partial charge in [0, 0.05) is 11.9 Å². The molecule has 0 atom stereocenters. The van der Waals surface area contributed by atoms with Crippen LogP contribution >= 0.6 is 0 Å². The number of hydrogen-bond acceptors (Lipinski definition) is 1. The Morgan fingerprint density at radius 2 is 1.42 bits per heavy atom. The van der Waals surface area contributed by atoms with Crippen LogP contribution in [0.1, 0.15) is 115 Å². The van der Waals surface area contributed by atoms with Gasteiger partial charge in [-0.1, -0.05) is 99.6 Å². The van der Waals surface area contributed by atoms with Crippen LogP contribution in [0.2, 0.25) is 0 Å². The van der Waals surface area contributed by atoms with Crippen molar-refractivity contribution in [3.05, 3.63) is 23.4 Å². The first-order chi connectivity index (χ1) is 11.5. The Morgan fingerprint density at radius 3 is 1.75 bits per heavy atom. The van der Waals surface area contributed by atoms with Gasteiger partial charge in [0.2, 0.25) is 0 Å². The fraction of sp³-hybridized carbons (Fsp3) is 0.783. The summed E-state index contributed by atoms with van der Waals surface area (Å²) in [5.74, 6) is 0.898. The van der Waals surface area contributed by atoms with E-state index in [1.54, 1.807) is 0 Å². The van der Waals surface area contributed by atoms with Crippen LogP contribution in [0.15, 0.2) is 28.4 Å². The van der Waals surface area contributed by atoms with Gasteiger partial charge in [-0.3, -0.25) is 4.99 Å². The van der Waals surface area contributed by atoms with Crippen molar-refractivity contribution in [1.29, 1.82) is 0 Å². The Morgan fingerprint density at radius 1 is 0.875 bits per heavy atom. The van der Waals surface area contributed by atoms with E-state index in [4.69, 9.17) is 0 Å². The maximum atomic E-state index is 4.34. The summed E-state index contributed by atoms with van der Waals surface area (Å²) in [6, 6.07) is 0. The normalized spacial score (nSPS) is 11.2. The standard InChI is InChI=1S/C13H23N.C6H14.2C2H6/c1-5-7-9-13(4)14-11-10-12(3)8-6-2;1-4-5-6(2)3;2*1-2/h9-11H,5-8H2,1-4H3;6H,4-5H2,1-3H3;2*1-2H3/b12-10+,13-9+,14-11+;;;. The van der Waals surface area contributed by atoms with Crippen LogP contribution in [0.3, 0.4) is 0 Å². The monoisotopic (exact) mass is 339 g/mol. The minimum absolute atomic E-state index is 0.898. The van der Waals surface area contributed by atoms with Crippen LogP contribution < -0.4 is 0 Å². The second-order valence-electron chi connectivity index (χ2n) is 5.86. The topological polar surface area (TPSA) is 12.4 Å². The summed E-state index contributed by atoms with van der Waals surface area (Å²) in [4.78, 5) is 4.34. The molecule has 0 spiro atoms. The highest BCUT2D eigenvalue weighted by molar-refractivity contribution is 5.73. The fourth-order valence-electron chi connectivity index (χ4n) is 1.74. The average molecular weight is 340 g/mol. The predicted octanol–water partition coefficient (Wildman–Crippen LogP) is 9.00. The SMILES string of the molecule is CC.CC.CCC/C=C(C)/N=C/C=C(\C)CCC.CCCC(C)C. The smallest absolute Gasteiger partial charge is 0.0332 e. The summed E-state index contributed by atoms with van der Waals surface area (Å²) in [5.41, 5.74) is 2.52. The van der Waals surface area contributed by atoms with Gasteiger partial charge >= 0.3 is 0 Å². The lowest BCUT2D eigenvalue weighted by molar-refractivity contribution is 0.576. The lowest BCUT2D eigenvalue weighted by Gasteiger charge is -1.95. The molecule has 0 radical (unpaired) electrons. The quantitative estimate of drug-likeness (QED) is 0.391. The maximum absolute atomic E-state index is 4.34. The van der Waals surface area contributed by atoms with E-state index >= 15 is 0 Å². The molecule has 0 aliphatic rings. The van der Waals surface area contributed by atoms with Gasteiger partial charge in [-0.05, 0) is 38.7 Å². The van der Waals surface area contributed by atoms with Crippen molar-refractivity contribution >= 4 is 6.21 Å². The predicted molar refractivity (Wildman–Crippen MR) is 118 cm³/mol. The zero-order valence-electron chi connectivity index (χ0n) is 19.0. The van der Waals surface area contributed by atoms with E-state index in [-0.39, 0.29) is 0 Å². The van der Waals surface area contributed by atoms with Crippen LogP contribution in [-0.2, 0) is 0 Å². The zero-order chi connectivity index (χ0) is 19.8. The third-order valence-electron chi connectivity index (χ3n) is 2.88. The Balaban J connectivity index is -0.000000167. The number of nitrogens with zero attached hydrogens (tertiary/aromatic N) is 1. The van der Waals surface area contributed by atoms with Gasteiger partial charge in [0.25, 0.3) is 0 Å². The Bertz CT molecular complexity index is 282. The summed E-state index contributed by atoms with van der Waals surface area (Å²) in [6.45, 7) is 23.3. The lowest BCUT2D eigenvalue weighted by Crippen LogP contribution is -1.81. The first-order valence-electron chi connectivity index (χ1n) is 10.3. The molecule has 0 fully saturated rings. The molecule has 0 heterocycles. The third kappa shape index (κ3) is 37.4. The van der Waals surface area contributed by atoms with Crippen LogP contribution in [0, 0.1) is 5.92 Å². The van der Waals surface area contributed by atoms with Gasteiger partial charge in [-0.15, -0.1) is 0 Å². The largest absolute Gasteiger partial charge is 0.262 e. The Labute approximate surface area is 155 Å². The van der Waals surface area contributed by atoms with Crippen molar-refractivity contribution in [2.45, 2.75) is 115 Å². The fourth-order valence-corrected chi connectivity index (χ4v) is 1.74. The number of allylic oxidation sites excluding steroid dienone is 4. The zero-order valence-corrected chi connectivity index (χ0v) is 19.0. The van der Waals surface area contributed by atoms with Gasteiger partial charge in [0.15, 0.2) is 0 Å². The van der Waals surface area contributed by atoms with Crippen LogP contribution in [-0.4, -0.2) is 6.21 Å². The van der Waals surface area contributed by atoms with Crippen molar-refractivity contribution in [2.75, 3.05) is 0 Å². The number of aliphatic imine (C=N–C) groups is 1. The molecule has 1 nitrogen and oxygen atoms in total. The van der Waals surface area contributed by atoms with Crippen molar-refractivity contribution in [3.63, 3.8) is 0 Å². The van der Waals surface area contributed by atoms with Gasteiger partial charge in [0.05, 0.1) is 0 Å². The maximum Gasteiger partial charge on any atom is 0.0332 e. The molecule has 0 bridgehead atoms. The van der Waals surface area contributed by atoms with Crippen molar-refractivity contribution in [2.24, 2.45) is 10.9 Å². The van der Waals surface area contributed by atoms with Gasteiger partial charge in [-0.2, -0.15) is 0 Å². The first-order valence-corrected chi connectivity index (χ1v) is 10.3. The molecule has 0 aromatic rings. The molecule has 1 heteroatoms. The number of unbranched alkanes of at least 4 members (excludes halogenated alkanes) is 1. The molecule has 0 aliphatic heterocycles. The Kier molecular flexibility index (Phi) is 38.8. The van der Waals surface area contributed by atoms with Gasteiger partial charge < -0.3 is 0 Å². The van der Waals surface area contributed by atoms with E-state index in [2.05, 4.69) is 65.6 Å². The average Bonchev–Trinajstić information content (AvgIpc) is 2.57. The van der Waals surface area contributed by atoms with Crippen molar-refractivity contribution in [3.8, 4) is 0 Å². The van der Waals surface area contributed by atoms with E-state index in [0.29, 0.717) is 0 Å². The number of rotatable bonds is 8. The summed E-state index contributed by atoms with van der Waals surface area (Å²) < 4.78 is 0. The van der Waals surface area contributed by atoms with E-state index in [1.807, 2.05) is 33.9 Å². The first kappa shape index (κ1) is 31.0. The molecule has 0 aliphatic carbocycles. The van der Waals surface area contributed by atoms with E-state index < -0.39 is 0 Å². The molecule has 24 heavy (non-hydrogen) atoms. The lowest BCUT2D eigenvalue weighted by atomic mass is 10.1. The molecule has 146 valence electrons. The highest BCUT2D eigenvalue weighted by Crippen LogP contribution is 2.02. The van der Waals surface area contributed by atoms with Crippen LogP contribution in [0.4, 0.5) is 0 Å². The summed E-state index contributed by atoms with van der Waals surface area (Å²) in [7, 11) is 0. The molecule has 0 unspecified atom stereocenters. The second-order valence-corrected chi connectivity index (χ2v) is 5.86. The molecular weight excluding hydrogens is 290 g/mol. The molecule has 0 rings (SSSR count). The minimum Gasteiger partial charge on any atom is -0.262 e. The third-order valence-corrected chi connectivity index (χ3v) is 2.88. The number of hydrogen-bond donors (Lipinski definition) is 0. The molecule has 0 N–H and O–H groups in total. The van der Waals surface area contributed by atoms with Gasteiger partial charge in [-0.25, -0.2) is 0 Å². The van der Waals surface area contributed by atoms with Crippen molar-refractivity contribution in [1.82, 2.24) is 0 Å². The molecule has 0 aromatic heterocycles. The summed E-state index contributed by atoms with van der Waals surface area (Å²) in [5, 5.41) is 0. The molecule has 0 amide bonds. The van der Waals surface area contributed by atoms with E-state index in [9.17, 15) is 0 Å².